The van der Waals surface area contributed by atoms with Crippen LogP contribution in [0.25, 0.3) is 0 Å². The molecule has 7 nitrogen and oxygen atoms in total. The zero-order chi connectivity index (χ0) is 19.6. The molecule has 0 saturated heterocycles. The first-order valence-corrected chi connectivity index (χ1v) is 8.50. The van der Waals surface area contributed by atoms with Gasteiger partial charge in [0, 0.05) is 10.7 Å². The maximum Gasteiger partial charge on any atom is 0.373 e. The number of aryl methyl sites for hydroxylation is 3. The number of ether oxygens (including phenoxy) is 1. The van der Waals surface area contributed by atoms with Crippen LogP contribution in [0, 0.1) is 30.9 Å². The molecular weight excluding hydrogens is 368 g/mol. The van der Waals surface area contributed by atoms with E-state index in [1.165, 1.54) is 6.33 Å². The van der Waals surface area contributed by atoms with Crippen molar-refractivity contribution >= 4 is 28.8 Å². The molecule has 0 atom stereocenters. The average molecular weight is 385 g/mol. The summed E-state index contributed by atoms with van der Waals surface area (Å²) in [5.41, 5.74) is 3.13. The predicted octanol–water partition coefficient (Wildman–Crippen LogP) is 5.50. The van der Waals surface area contributed by atoms with Crippen molar-refractivity contribution in [2.75, 3.05) is 5.32 Å². The van der Waals surface area contributed by atoms with Crippen LogP contribution < -0.4 is 10.1 Å². The van der Waals surface area contributed by atoms with Gasteiger partial charge in [0.25, 0.3) is 0 Å². The van der Waals surface area contributed by atoms with Gasteiger partial charge >= 0.3 is 11.6 Å². The number of aromatic nitrogens is 2. The van der Waals surface area contributed by atoms with Gasteiger partial charge in [-0.15, -0.1) is 0 Å². The van der Waals surface area contributed by atoms with Crippen LogP contribution in [0.5, 0.6) is 11.6 Å². The lowest BCUT2D eigenvalue weighted by Gasteiger charge is -2.12. The molecule has 0 spiro atoms. The van der Waals surface area contributed by atoms with Crippen molar-refractivity contribution in [3.63, 3.8) is 0 Å². The monoisotopic (exact) mass is 384 g/mol. The van der Waals surface area contributed by atoms with E-state index in [9.17, 15) is 10.1 Å². The van der Waals surface area contributed by atoms with E-state index in [4.69, 9.17) is 16.3 Å². The fraction of sp³-hybridized carbons (Fsp3) is 0.158. The Labute approximate surface area is 161 Å². The molecule has 0 fully saturated rings. The number of hydrogen-bond acceptors (Lipinski definition) is 6. The molecule has 1 aromatic heterocycles. The van der Waals surface area contributed by atoms with Gasteiger partial charge in [0.1, 0.15) is 12.1 Å². The molecule has 0 unspecified atom stereocenters. The fourth-order valence-corrected chi connectivity index (χ4v) is 2.60. The Bertz CT molecular complexity index is 1020. The molecule has 0 saturated carbocycles. The van der Waals surface area contributed by atoms with Crippen LogP contribution in [0.1, 0.15) is 16.7 Å². The van der Waals surface area contributed by atoms with E-state index in [-0.39, 0.29) is 17.4 Å². The highest BCUT2D eigenvalue weighted by atomic mass is 35.5. The first kappa shape index (κ1) is 18.6. The summed E-state index contributed by atoms with van der Waals surface area (Å²) in [5.74, 6) is 0.310. The Morgan fingerprint density at radius 3 is 2.56 bits per heavy atom. The Balaban J connectivity index is 2.00. The molecule has 0 bridgehead atoms. The number of rotatable bonds is 5. The highest BCUT2D eigenvalue weighted by molar-refractivity contribution is 6.31. The lowest BCUT2D eigenvalue weighted by Crippen LogP contribution is -2.04. The highest BCUT2D eigenvalue weighted by Crippen LogP contribution is 2.36. The van der Waals surface area contributed by atoms with Crippen LogP contribution in [-0.2, 0) is 0 Å². The first-order chi connectivity index (χ1) is 12.8. The summed E-state index contributed by atoms with van der Waals surface area (Å²) in [6, 6.07) is 10.8. The van der Waals surface area contributed by atoms with Gasteiger partial charge < -0.3 is 10.1 Å². The summed E-state index contributed by atoms with van der Waals surface area (Å²) >= 11 is 6.01. The van der Waals surface area contributed by atoms with Crippen molar-refractivity contribution in [2.24, 2.45) is 0 Å². The van der Waals surface area contributed by atoms with Crippen molar-refractivity contribution < 1.29 is 9.66 Å². The van der Waals surface area contributed by atoms with Gasteiger partial charge in [-0.2, -0.15) is 4.98 Å². The zero-order valence-corrected chi connectivity index (χ0v) is 15.7. The van der Waals surface area contributed by atoms with Gasteiger partial charge in [0.05, 0.1) is 4.92 Å². The minimum absolute atomic E-state index is 0.0596. The molecule has 0 radical (unpaired) electrons. The van der Waals surface area contributed by atoms with E-state index in [1.807, 2.05) is 39.0 Å². The van der Waals surface area contributed by atoms with Crippen LogP contribution >= 0.6 is 11.6 Å². The lowest BCUT2D eigenvalue weighted by atomic mass is 10.1. The molecule has 0 amide bonds. The van der Waals surface area contributed by atoms with Crippen molar-refractivity contribution in [1.82, 2.24) is 9.97 Å². The largest absolute Gasteiger partial charge is 0.434 e. The number of halogens is 1. The third-order valence-corrected chi connectivity index (χ3v) is 4.39. The van der Waals surface area contributed by atoms with Crippen molar-refractivity contribution in [3.05, 3.63) is 74.6 Å². The third kappa shape index (κ3) is 4.15. The van der Waals surface area contributed by atoms with E-state index in [0.717, 1.165) is 22.4 Å². The number of nitrogens with zero attached hydrogens (tertiary/aromatic N) is 3. The lowest BCUT2D eigenvalue weighted by molar-refractivity contribution is -0.385. The molecule has 1 heterocycles. The van der Waals surface area contributed by atoms with Gasteiger partial charge in [0.2, 0.25) is 5.82 Å². The van der Waals surface area contributed by atoms with Crippen LogP contribution in [-0.4, -0.2) is 14.9 Å². The predicted molar refractivity (Wildman–Crippen MR) is 104 cm³/mol. The normalized spacial score (nSPS) is 10.5. The second-order valence-corrected chi connectivity index (χ2v) is 6.50. The molecular formula is C19H17ClN4O3. The molecule has 27 heavy (non-hydrogen) atoms. The highest BCUT2D eigenvalue weighted by Gasteiger charge is 2.25. The maximum absolute atomic E-state index is 11.7. The number of anilines is 2. The molecule has 0 aliphatic carbocycles. The van der Waals surface area contributed by atoms with Gasteiger partial charge in [-0.3, -0.25) is 10.1 Å². The Morgan fingerprint density at radius 1 is 1.07 bits per heavy atom. The second kappa shape index (κ2) is 7.59. The average Bonchev–Trinajstić information content (AvgIpc) is 2.61. The molecule has 0 aliphatic rings. The Hall–Kier alpha value is -3.19. The quantitative estimate of drug-likeness (QED) is 0.461. The molecule has 3 aromatic rings. The zero-order valence-electron chi connectivity index (χ0n) is 15.0. The minimum Gasteiger partial charge on any atom is -0.434 e. The minimum atomic E-state index is -0.564. The van der Waals surface area contributed by atoms with Crippen molar-refractivity contribution in [2.45, 2.75) is 20.8 Å². The van der Waals surface area contributed by atoms with E-state index in [0.29, 0.717) is 10.8 Å². The first-order valence-electron chi connectivity index (χ1n) is 8.13. The van der Waals surface area contributed by atoms with E-state index in [1.54, 1.807) is 18.2 Å². The van der Waals surface area contributed by atoms with Crippen LogP contribution in [0.3, 0.4) is 0 Å². The van der Waals surface area contributed by atoms with E-state index >= 15 is 0 Å². The summed E-state index contributed by atoms with van der Waals surface area (Å²) in [6.07, 6.45) is 1.22. The molecule has 8 heteroatoms. The smallest absolute Gasteiger partial charge is 0.373 e. The molecule has 0 aliphatic heterocycles. The molecule has 2 aromatic carbocycles. The standard InChI is InChI=1S/C19H17ClN4O3/c1-11-4-5-12(2)16(8-11)23-18-17(24(25)26)19(22-10-21-18)27-14-6-7-15(20)13(3)9-14/h4-10H,1-3H3,(H,21,22,23). The summed E-state index contributed by atoms with van der Waals surface area (Å²) in [4.78, 5) is 19.1. The Morgan fingerprint density at radius 2 is 1.85 bits per heavy atom. The maximum atomic E-state index is 11.7. The van der Waals surface area contributed by atoms with Crippen molar-refractivity contribution in [3.8, 4) is 11.6 Å². The van der Waals surface area contributed by atoms with Gasteiger partial charge in [-0.05, 0) is 61.7 Å². The van der Waals surface area contributed by atoms with Gasteiger partial charge in [0.15, 0.2) is 0 Å². The molecule has 138 valence electrons. The molecule has 3 rings (SSSR count). The fourth-order valence-electron chi connectivity index (χ4n) is 2.48. The SMILES string of the molecule is Cc1ccc(C)c(Nc2ncnc(Oc3ccc(Cl)c(C)c3)c2[N+](=O)[O-])c1. The van der Waals surface area contributed by atoms with Crippen LogP contribution in [0.4, 0.5) is 17.2 Å². The van der Waals surface area contributed by atoms with Gasteiger partial charge in [-0.25, -0.2) is 4.98 Å². The number of hydrogen-bond donors (Lipinski definition) is 1. The van der Waals surface area contributed by atoms with Crippen LogP contribution in [0.15, 0.2) is 42.7 Å². The summed E-state index contributed by atoms with van der Waals surface area (Å²) in [7, 11) is 0. The summed E-state index contributed by atoms with van der Waals surface area (Å²) in [5, 5.41) is 15.3. The Kier molecular flexibility index (Phi) is 5.23. The topological polar surface area (TPSA) is 90.2 Å². The van der Waals surface area contributed by atoms with Crippen LogP contribution in [0.2, 0.25) is 5.02 Å². The number of nitrogens with one attached hydrogen (secondary N) is 1. The molecule has 1 N–H and O–H groups in total. The number of nitro groups is 1. The summed E-state index contributed by atoms with van der Waals surface area (Å²) in [6.45, 7) is 5.66. The summed E-state index contributed by atoms with van der Waals surface area (Å²) < 4.78 is 5.65. The van der Waals surface area contributed by atoms with E-state index < -0.39 is 4.92 Å². The van der Waals surface area contributed by atoms with E-state index in [2.05, 4.69) is 15.3 Å². The van der Waals surface area contributed by atoms with Gasteiger partial charge in [-0.1, -0.05) is 23.7 Å². The third-order valence-electron chi connectivity index (χ3n) is 3.96. The van der Waals surface area contributed by atoms with Crippen molar-refractivity contribution in [1.29, 1.82) is 0 Å². The number of benzene rings is 2. The second-order valence-electron chi connectivity index (χ2n) is 6.09.